The topological polar surface area (TPSA) is 70.2 Å². The van der Waals surface area contributed by atoms with Crippen molar-refractivity contribution >= 4 is 62.2 Å². The molecule has 2 amide bonds. The van der Waals surface area contributed by atoms with Crippen LogP contribution in [0, 0.1) is 5.92 Å². The summed E-state index contributed by atoms with van der Waals surface area (Å²) in [6.07, 6.45) is 1.79. The lowest BCUT2D eigenvalue weighted by molar-refractivity contribution is -0.122. The predicted octanol–water partition coefficient (Wildman–Crippen LogP) is 2.60. The lowest BCUT2D eigenvalue weighted by Gasteiger charge is -2.09. The third-order valence-corrected chi connectivity index (χ3v) is 5.09. The van der Waals surface area contributed by atoms with Crippen LogP contribution in [0.5, 0.6) is 0 Å². The molecule has 1 fully saturated rings. The van der Waals surface area contributed by atoms with Crippen molar-refractivity contribution in [2.24, 2.45) is 5.92 Å². The van der Waals surface area contributed by atoms with Crippen LogP contribution >= 0.6 is 35.2 Å². The quantitative estimate of drug-likeness (QED) is 0.573. The molecule has 0 saturated heterocycles. The molecule has 0 unspecified atom stereocenters. The highest BCUT2D eigenvalue weighted by Crippen LogP contribution is 2.34. The number of halogens is 1. The molecule has 0 spiro atoms. The van der Waals surface area contributed by atoms with Gasteiger partial charge >= 0.3 is 0 Å². The molecule has 0 bridgehead atoms. The maximum Gasteiger partial charge on any atom is 0.269 e. The van der Waals surface area contributed by atoms with Gasteiger partial charge in [0.05, 0.1) is 5.02 Å². The Labute approximate surface area is 141 Å². The minimum atomic E-state index is -0.399. The van der Waals surface area contributed by atoms with E-state index in [2.05, 4.69) is 16.2 Å². The minimum absolute atomic E-state index is 0.0347. The highest BCUT2D eigenvalue weighted by Gasteiger charge is 2.29. The molecule has 8 heteroatoms. The molecule has 1 aromatic carbocycles. The lowest BCUT2D eigenvalue weighted by Crippen LogP contribution is -2.48. The molecule has 0 aliphatic heterocycles. The summed E-state index contributed by atoms with van der Waals surface area (Å²) in [5, 5.41) is 3.78. The van der Waals surface area contributed by atoms with E-state index in [4.69, 9.17) is 23.8 Å². The number of hydrogen-bond donors (Lipinski definition) is 3. The first kappa shape index (κ1) is 15.2. The molecule has 5 nitrogen and oxygen atoms in total. The highest BCUT2D eigenvalue weighted by molar-refractivity contribution is 7.80. The molecule has 1 aliphatic rings. The van der Waals surface area contributed by atoms with E-state index in [1.165, 1.54) is 11.3 Å². The van der Waals surface area contributed by atoms with Gasteiger partial charge < -0.3 is 0 Å². The van der Waals surface area contributed by atoms with Crippen LogP contribution in [0.4, 0.5) is 0 Å². The Balaban J connectivity index is 1.63. The van der Waals surface area contributed by atoms with Gasteiger partial charge in [-0.1, -0.05) is 29.8 Å². The second kappa shape index (κ2) is 6.20. The summed E-state index contributed by atoms with van der Waals surface area (Å²) < 4.78 is 0.929. The molecule has 3 N–H and O–H groups in total. The second-order valence-corrected chi connectivity index (χ2v) is 6.75. The van der Waals surface area contributed by atoms with Crippen LogP contribution in [0.25, 0.3) is 10.1 Å². The average molecular weight is 354 g/mol. The number of benzene rings is 1. The summed E-state index contributed by atoms with van der Waals surface area (Å²) >= 11 is 12.5. The van der Waals surface area contributed by atoms with Crippen molar-refractivity contribution < 1.29 is 9.59 Å². The van der Waals surface area contributed by atoms with E-state index in [-0.39, 0.29) is 16.9 Å². The van der Waals surface area contributed by atoms with Crippen molar-refractivity contribution in [3.8, 4) is 0 Å². The van der Waals surface area contributed by atoms with Crippen molar-refractivity contribution in [3.05, 3.63) is 34.2 Å². The number of thiocarbonyl (C=S) groups is 1. The zero-order chi connectivity index (χ0) is 15.7. The molecule has 0 radical (unpaired) electrons. The van der Waals surface area contributed by atoms with Gasteiger partial charge in [0.15, 0.2) is 5.11 Å². The standard InChI is InChI=1S/C14H12ClN3O2S2/c15-10-8-3-1-2-4-9(8)22-11(10)13(20)16-14(21)18-17-12(19)7-5-6-7/h1-4,7H,5-6H2,(H,17,19)(H2,16,18,20,21). The SMILES string of the molecule is O=C(NC(=S)NNC(=O)C1CC1)c1sc2ccccc2c1Cl. The summed E-state index contributed by atoms with van der Waals surface area (Å²) in [5.41, 5.74) is 4.99. The van der Waals surface area contributed by atoms with E-state index >= 15 is 0 Å². The Hall–Kier alpha value is -1.70. The van der Waals surface area contributed by atoms with Gasteiger partial charge in [0.1, 0.15) is 4.88 Å². The number of thiophene rings is 1. The third kappa shape index (κ3) is 3.21. The number of hydrogen-bond acceptors (Lipinski definition) is 4. The van der Waals surface area contributed by atoms with Crippen molar-refractivity contribution in [1.29, 1.82) is 0 Å². The fourth-order valence-corrected chi connectivity index (χ4v) is 3.47. The molecular weight excluding hydrogens is 342 g/mol. The maximum absolute atomic E-state index is 12.2. The fraction of sp³-hybridized carbons (Fsp3) is 0.214. The molecule has 0 atom stereocenters. The number of nitrogens with one attached hydrogen (secondary N) is 3. The highest BCUT2D eigenvalue weighted by atomic mass is 35.5. The van der Waals surface area contributed by atoms with Crippen molar-refractivity contribution in [3.63, 3.8) is 0 Å². The monoisotopic (exact) mass is 353 g/mol. The lowest BCUT2D eigenvalue weighted by atomic mass is 10.2. The Bertz CT molecular complexity index is 771. The van der Waals surface area contributed by atoms with E-state index in [0.29, 0.717) is 9.90 Å². The summed E-state index contributed by atoms with van der Waals surface area (Å²) in [7, 11) is 0. The molecule has 1 aliphatic carbocycles. The molecule has 114 valence electrons. The van der Waals surface area contributed by atoms with Crippen molar-refractivity contribution in [1.82, 2.24) is 16.2 Å². The molecule has 1 saturated carbocycles. The van der Waals surface area contributed by atoms with Crippen LogP contribution in [0.1, 0.15) is 22.5 Å². The molecule has 2 aromatic rings. The van der Waals surface area contributed by atoms with E-state index in [1.807, 2.05) is 24.3 Å². The number of hydrazine groups is 1. The van der Waals surface area contributed by atoms with Gasteiger partial charge in [-0.2, -0.15) is 0 Å². The minimum Gasteiger partial charge on any atom is -0.297 e. The number of fused-ring (bicyclic) bond motifs is 1. The summed E-state index contributed by atoms with van der Waals surface area (Å²) in [4.78, 5) is 24.1. The van der Waals surface area contributed by atoms with Gasteiger partial charge in [-0.15, -0.1) is 11.3 Å². The van der Waals surface area contributed by atoms with Crippen LogP contribution < -0.4 is 16.2 Å². The number of amides is 2. The van der Waals surface area contributed by atoms with Gasteiger partial charge in [-0.05, 0) is 31.1 Å². The van der Waals surface area contributed by atoms with E-state index in [9.17, 15) is 9.59 Å². The van der Waals surface area contributed by atoms with Crippen molar-refractivity contribution in [2.75, 3.05) is 0 Å². The van der Waals surface area contributed by atoms with Crippen LogP contribution in [-0.4, -0.2) is 16.9 Å². The van der Waals surface area contributed by atoms with Gasteiger partial charge in [0.25, 0.3) is 5.91 Å². The summed E-state index contributed by atoms with van der Waals surface area (Å²) in [6.45, 7) is 0. The average Bonchev–Trinajstić information content (AvgIpc) is 3.30. The Morgan fingerprint density at radius 1 is 1.23 bits per heavy atom. The molecule has 3 rings (SSSR count). The van der Waals surface area contributed by atoms with Crippen LogP contribution in [-0.2, 0) is 4.79 Å². The van der Waals surface area contributed by atoms with Crippen molar-refractivity contribution in [2.45, 2.75) is 12.8 Å². The van der Waals surface area contributed by atoms with Crippen LogP contribution in [0.15, 0.2) is 24.3 Å². The zero-order valence-electron chi connectivity index (χ0n) is 11.3. The van der Waals surface area contributed by atoms with Crippen LogP contribution in [0.3, 0.4) is 0 Å². The van der Waals surface area contributed by atoms with E-state index in [0.717, 1.165) is 22.9 Å². The van der Waals surface area contributed by atoms with Crippen LogP contribution in [0.2, 0.25) is 5.02 Å². The predicted molar refractivity (Wildman–Crippen MR) is 90.9 cm³/mol. The Morgan fingerprint density at radius 3 is 2.64 bits per heavy atom. The largest absolute Gasteiger partial charge is 0.297 e. The zero-order valence-corrected chi connectivity index (χ0v) is 13.7. The number of carbonyl (C=O) groups is 2. The normalized spacial score (nSPS) is 13.7. The van der Waals surface area contributed by atoms with Gasteiger partial charge in [0.2, 0.25) is 5.91 Å². The van der Waals surface area contributed by atoms with Gasteiger partial charge in [-0.3, -0.25) is 25.8 Å². The number of rotatable bonds is 2. The Kier molecular flexibility index (Phi) is 4.28. The maximum atomic E-state index is 12.2. The smallest absolute Gasteiger partial charge is 0.269 e. The molecular formula is C14H12ClN3O2S2. The summed E-state index contributed by atoms with van der Waals surface area (Å²) in [5.74, 6) is -0.455. The molecule has 1 heterocycles. The first-order chi connectivity index (χ1) is 10.6. The molecule has 22 heavy (non-hydrogen) atoms. The fourth-order valence-electron chi connectivity index (χ4n) is 1.92. The first-order valence-corrected chi connectivity index (χ1v) is 8.24. The van der Waals surface area contributed by atoms with Gasteiger partial charge in [-0.25, -0.2) is 0 Å². The second-order valence-electron chi connectivity index (χ2n) is 4.91. The third-order valence-electron chi connectivity index (χ3n) is 3.22. The first-order valence-electron chi connectivity index (χ1n) is 6.64. The van der Waals surface area contributed by atoms with Gasteiger partial charge in [0, 0.05) is 16.0 Å². The van der Waals surface area contributed by atoms with E-state index < -0.39 is 5.91 Å². The number of carbonyl (C=O) groups excluding carboxylic acids is 2. The Morgan fingerprint density at radius 2 is 1.95 bits per heavy atom. The molecule has 1 aromatic heterocycles. The summed E-state index contributed by atoms with van der Waals surface area (Å²) in [6, 6.07) is 7.51. The van der Waals surface area contributed by atoms with E-state index in [1.54, 1.807) is 0 Å².